The highest BCUT2D eigenvalue weighted by molar-refractivity contribution is 6.17. The van der Waals surface area contributed by atoms with E-state index in [9.17, 15) is 9.59 Å². The summed E-state index contributed by atoms with van der Waals surface area (Å²) in [5.41, 5.74) is 0.944. The number of allylic oxidation sites excluding steroid dienone is 1. The Morgan fingerprint density at radius 1 is 1.31 bits per heavy atom. The Bertz CT molecular complexity index is 283. The van der Waals surface area contributed by atoms with Gasteiger partial charge >= 0.3 is 5.97 Å². The van der Waals surface area contributed by atoms with E-state index in [1.807, 2.05) is 0 Å². The largest absolute Gasteiger partial charge is 0.461 e. The minimum Gasteiger partial charge on any atom is -0.461 e. The summed E-state index contributed by atoms with van der Waals surface area (Å²) in [7, 11) is 0. The van der Waals surface area contributed by atoms with Crippen molar-refractivity contribution in [3.63, 3.8) is 0 Å². The van der Waals surface area contributed by atoms with Crippen molar-refractivity contribution in [3.05, 3.63) is 11.3 Å². The summed E-state index contributed by atoms with van der Waals surface area (Å²) in [6, 6.07) is 0. The summed E-state index contributed by atoms with van der Waals surface area (Å²) in [6.07, 6.45) is 0.895. The van der Waals surface area contributed by atoms with Crippen LogP contribution in [0.25, 0.3) is 0 Å². The summed E-state index contributed by atoms with van der Waals surface area (Å²) < 4.78 is 4.83. The number of carbonyl (C=O) groups excluding carboxylic acids is 2. The molecule has 92 valence electrons. The van der Waals surface area contributed by atoms with Crippen LogP contribution in [0.2, 0.25) is 0 Å². The maximum atomic E-state index is 11.5. The van der Waals surface area contributed by atoms with Crippen molar-refractivity contribution >= 4 is 23.5 Å². The third kappa shape index (κ3) is 5.75. The molecule has 0 rings (SSSR count). The molecule has 0 spiro atoms. The zero-order valence-electron chi connectivity index (χ0n) is 9.93. The summed E-state index contributed by atoms with van der Waals surface area (Å²) in [5.74, 6) is -0.289. The first-order valence-electron chi connectivity index (χ1n) is 5.23. The lowest BCUT2D eigenvalue weighted by molar-refractivity contribution is -0.140. The van der Waals surface area contributed by atoms with Gasteiger partial charge in [-0.15, -0.1) is 11.6 Å². The van der Waals surface area contributed by atoms with Crippen molar-refractivity contribution in [1.29, 1.82) is 0 Å². The Balaban J connectivity index is 4.42. The molecule has 0 fully saturated rings. The van der Waals surface area contributed by atoms with Crippen molar-refractivity contribution in [2.45, 2.75) is 33.6 Å². The van der Waals surface area contributed by atoms with E-state index in [0.29, 0.717) is 18.7 Å². The quantitative estimate of drug-likeness (QED) is 0.444. The Kier molecular flexibility index (Phi) is 7.64. The number of halogens is 1. The lowest BCUT2D eigenvalue weighted by Gasteiger charge is -2.10. The molecule has 0 aliphatic rings. The number of nitrogens with one attached hydrogen (secondary N) is 1. The van der Waals surface area contributed by atoms with E-state index in [1.54, 1.807) is 20.8 Å². The average Bonchev–Trinajstić information content (AvgIpc) is 2.22. The van der Waals surface area contributed by atoms with Gasteiger partial charge in [0.05, 0.1) is 6.61 Å². The highest BCUT2D eigenvalue weighted by Gasteiger charge is 2.14. The average molecular weight is 248 g/mol. The first-order chi connectivity index (χ1) is 7.52. The standard InChI is InChI=1S/C11H18ClNO3/c1-4-16-11(15)10(8(2)3)13-9(14)6-5-7-12/h4-7H2,1-3H3,(H,13,14). The van der Waals surface area contributed by atoms with Crippen LogP contribution in [0.5, 0.6) is 0 Å². The molecular weight excluding hydrogens is 230 g/mol. The SMILES string of the molecule is CCOC(=O)C(NC(=O)CCCCl)=C(C)C. The lowest BCUT2D eigenvalue weighted by atomic mass is 10.2. The van der Waals surface area contributed by atoms with E-state index in [4.69, 9.17) is 16.3 Å². The van der Waals surface area contributed by atoms with Crippen LogP contribution >= 0.6 is 11.6 Å². The van der Waals surface area contributed by atoms with Gasteiger partial charge in [-0.1, -0.05) is 0 Å². The molecule has 0 saturated heterocycles. The van der Waals surface area contributed by atoms with Gasteiger partial charge in [0.2, 0.25) is 5.91 Å². The summed E-state index contributed by atoms with van der Waals surface area (Å²) in [6.45, 7) is 5.49. The van der Waals surface area contributed by atoms with Crippen molar-refractivity contribution in [2.75, 3.05) is 12.5 Å². The second-order valence-electron chi connectivity index (χ2n) is 3.44. The zero-order chi connectivity index (χ0) is 12.6. The Labute approximate surface area is 101 Å². The van der Waals surface area contributed by atoms with Crippen LogP contribution < -0.4 is 5.32 Å². The molecule has 0 aromatic carbocycles. The number of carbonyl (C=O) groups is 2. The smallest absolute Gasteiger partial charge is 0.354 e. The Morgan fingerprint density at radius 3 is 2.38 bits per heavy atom. The fraction of sp³-hybridized carbons (Fsp3) is 0.636. The molecule has 0 aromatic heterocycles. The minimum atomic E-state index is -0.498. The van der Waals surface area contributed by atoms with Crippen molar-refractivity contribution < 1.29 is 14.3 Å². The van der Waals surface area contributed by atoms with Gasteiger partial charge in [0.25, 0.3) is 0 Å². The van der Waals surface area contributed by atoms with E-state index in [1.165, 1.54) is 0 Å². The lowest BCUT2D eigenvalue weighted by Crippen LogP contribution is -2.29. The molecule has 5 heteroatoms. The van der Waals surface area contributed by atoms with E-state index in [0.717, 1.165) is 5.57 Å². The molecule has 0 aromatic rings. The van der Waals surface area contributed by atoms with Gasteiger partial charge in [0.15, 0.2) is 0 Å². The van der Waals surface area contributed by atoms with Gasteiger partial charge in [-0.05, 0) is 32.8 Å². The molecule has 0 heterocycles. The number of amides is 1. The van der Waals surface area contributed by atoms with Crippen LogP contribution in [0.15, 0.2) is 11.3 Å². The third-order valence-electron chi connectivity index (χ3n) is 1.78. The summed E-state index contributed by atoms with van der Waals surface area (Å²) in [5, 5.41) is 2.54. The molecule has 0 aliphatic heterocycles. The molecule has 0 radical (unpaired) electrons. The third-order valence-corrected chi connectivity index (χ3v) is 2.05. The highest BCUT2D eigenvalue weighted by Crippen LogP contribution is 2.03. The molecule has 0 bridgehead atoms. The monoisotopic (exact) mass is 247 g/mol. The molecular formula is C11H18ClNO3. The van der Waals surface area contributed by atoms with Crippen LogP contribution in [-0.2, 0) is 14.3 Å². The first-order valence-corrected chi connectivity index (χ1v) is 5.76. The number of rotatable bonds is 6. The molecule has 4 nitrogen and oxygen atoms in total. The highest BCUT2D eigenvalue weighted by atomic mass is 35.5. The van der Waals surface area contributed by atoms with Gasteiger partial charge in [-0.3, -0.25) is 4.79 Å². The van der Waals surface area contributed by atoms with E-state index >= 15 is 0 Å². The number of esters is 1. The van der Waals surface area contributed by atoms with Gasteiger partial charge in [0, 0.05) is 12.3 Å². The van der Waals surface area contributed by atoms with E-state index in [2.05, 4.69) is 5.32 Å². The topological polar surface area (TPSA) is 55.4 Å². The van der Waals surface area contributed by atoms with Crippen molar-refractivity contribution in [3.8, 4) is 0 Å². The molecule has 0 unspecified atom stereocenters. The summed E-state index contributed by atoms with van der Waals surface area (Å²) in [4.78, 5) is 22.9. The first kappa shape index (κ1) is 15.0. The molecule has 1 N–H and O–H groups in total. The van der Waals surface area contributed by atoms with Gasteiger partial charge in [0.1, 0.15) is 5.70 Å². The Morgan fingerprint density at radius 2 is 1.94 bits per heavy atom. The maximum Gasteiger partial charge on any atom is 0.354 e. The fourth-order valence-corrected chi connectivity index (χ4v) is 1.15. The van der Waals surface area contributed by atoms with Gasteiger partial charge in [-0.2, -0.15) is 0 Å². The molecule has 0 atom stereocenters. The maximum absolute atomic E-state index is 11.5. The Hall–Kier alpha value is -1.03. The number of hydrogen-bond donors (Lipinski definition) is 1. The molecule has 0 aliphatic carbocycles. The van der Waals surface area contributed by atoms with Crippen molar-refractivity contribution in [2.24, 2.45) is 0 Å². The summed E-state index contributed by atoms with van der Waals surface area (Å²) >= 11 is 5.47. The number of alkyl halides is 1. The second-order valence-corrected chi connectivity index (χ2v) is 3.81. The molecule has 0 saturated carbocycles. The van der Waals surface area contributed by atoms with Gasteiger partial charge < -0.3 is 10.1 Å². The normalized spacial score (nSPS) is 9.50. The van der Waals surface area contributed by atoms with Crippen LogP contribution in [0.4, 0.5) is 0 Å². The fourth-order valence-electron chi connectivity index (χ4n) is 1.01. The molecule has 16 heavy (non-hydrogen) atoms. The van der Waals surface area contributed by atoms with Crippen LogP contribution in [0, 0.1) is 0 Å². The van der Waals surface area contributed by atoms with Crippen LogP contribution in [0.1, 0.15) is 33.6 Å². The zero-order valence-corrected chi connectivity index (χ0v) is 10.7. The van der Waals surface area contributed by atoms with Crippen LogP contribution in [-0.4, -0.2) is 24.4 Å². The molecule has 1 amide bonds. The minimum absolute atomic E-state index is 0.218. The predicted molar refractivity (Wildman–Crippen MR) is 63.1 cm³/mol. The number of ether oxygens (including phenoxy) is 1. The van der Waals surface area contributed by atoms with Crippen LogP contribution in [0.3, 0.4) is 0 Å². The van der Waals surface area contributed by atoms with E-state index < -0.39 is 5.97 Å². The number of hydrogen-bond acceptors (Lipinski definition) is 3. The second kappa shape index (κ2) is 8.16. The van der Waals surface area contributed by atoms with E-state index in [-0.39, 0.29) is 18.2 Å². The van der Waals surface area contributed by atoms with Crippen molar-refractivity contribution in [1.82, 2.24) is 5.32 Å². The predicted octanol–water partition coefficient (Wildman–Crippen LogP) is 1.98. The van der Waals surface area contributed by atoms with Gasteiger partial charge in [-0.25, -0.2) is 4.79 Å².